The SMILES string of the molecule is Cc1noc([C@H](C)[S@@](=O)Cc2ccc(F)cc2)n1. The third-order valence-electron chi connectivity index (χ3n) is 2.51. The van der Waals surface area contributed by atoms with E-state index in [0.717, 1.165) is 5.56 Å². The molecule has 0 amide bonds. The predicted molar refractivity (Wildman–Crippen MR) is 65.7 cm³/mol. The molecular formula is C12H13FN2O2S. The smallest absolute Gasteiger partial charge is 0.242 e. The Labute approximate surface area is 107 Å². The van der Waals surface area contributed by atoms with Gasteiger partial charge in [0.25, 0.3) is 0 Å². The molecule has 0 N–H and O–H groups in total. The summed E-state index contributed by atoms with van der Waals surface area (Å²) in [5.41, 5.74) is 0.817. The monoisotopic (exact) mass is 268 g/mol. The van der Waals surface area contributed by atoms with E-state index in [2.05, 4.69) is 10.1 Å². The molecule has 6 heteroatoms. The van der Waals surface area contributed by atoms with Crippen LogP contribution >= 0.6 is 0 Å². The van der Waals surface area contributed by atoms with Crippen LogP contribution in [0, 0.1) is 12.7 Å². The van der Waals surface area contributed by atoms with Crippen molar-refractivity contribution in [1.82, 2.24) is 10.1 Å². The molecule has 0 saturated carbocycles. The van der Waals surface area contributed by atoms with Gasteiger partial charge in [0.05, 0.1) is 0 Å². The number of hydrogen-bond donors (Lipinski definition) is 0. The van der Waals surface area contributed by atoms with Gasteiger partial charge < -0.3 is 4.52 Å². The highest BCUT2D eigenvalue weighted by molar-refractivity contribution is 7.84. The maximum atomic E-state index is 12.7. The average Bonchev–Trinajstić information content (AvgIpc) is 2.78. The van der Waals surface area contributed by atoms with Crippen molar-refractivity contribution in [2.24, 2.45) is 0 Å². The van der Waals surface area contributed by atoms with Crippen molar-refractivity contribution in [2.75, 3.05) is 0 Å². The molecule has 0 spiro atoms. The summed E-state index contributed by atoms with van der Waals surface area (Å²) >= 11 is 0. The number of aromatic nitrogens is 2. The van der Waals surface area contributed by atoms with Gasteiger partial charge in [0.2, 0.25) is 5.89 Å². The first-order valence-corrected chi connectivity index (χ1v) is 6.86. The molecule has 2 atom stereocenters. The van der Waals surface area contributed by atoms with E-state index in [4.69, 9.17) is 4.52 Å². The van der Waals surface area contributed by atoms with Gasteiger partial charge in [0, 0.05) is 16.6 Å². The van der Waals surface area contributed by atoms with Crippen LogP contribution in [0.4, 0.5) is 4.39 Å². The molecule has 1 aromatic carbocycles. The van der Waals surface area contributed by atoms with Crippen LogP contribution in [0.1, 0.15) is 29.5 Å². The van der Waals surface area contributed by atoms with Gasteiger partial charge in [-0.1, -0.05) is 17.3 Å². The molecule has 96 valence electrons. The Morgan fingerprint density at radius 1 is 1.39 bits per heavy atom. The fourth-order valence-electron chi connectivity index (χ4n) is 1.46. The molecule has 0 aliphatic carbocycles. The summed E-state index contributed by atoms with van der Waals surface area (Å²) in [4.78, 5) is 4.06. The fourth-order valence-corrected chi connectivity index (χ4v) is 2.55. The van der Waals surface area contributed by atoms with E-state index in [1.165, 1.54) is 12.1 Å². The van der Waals surface area contributed by atoms with Gasteiger partial charge in [0.15, 0.2) is 5.82 Å². The summed E-state index contributed by atoms with van der Waals surface area (Å²) in [5, 5.41) is 3.33. The second kappa shape index (κ2) is 5.39. The molecule has 18 heavy (non-hydrogen) atoms. The Balaban J connectivity index is 2.05. The quantitative estimate of drug-likeness (QED) is 0.855. The predicted octanol–water partition coefficient (Wildman–Crippen LogP) is 2.53. The van der Waals surface area contributed by atoms with Gasteiger partial charge in [-0.3, -0.25) is 4.21 Å². The summed E-state index contributed by atoms with van der Waals surface area (Å²) in [6.07, 6.45) is 0. The minimum Gasteiger partial charge on any atom is -0.338 e. The zero-order valence-electron chi connectivity index (χ0n) is 10.1. The van der Waals surface area contributed by atoms with Crippen LogP contribution in [-0.2, 0) is 16.6 Å². The molecule has 0 aliphatic heterocycles. The van der Waals surface area contributed by atoms with E-state index < -0.39 is 10.8 Å². The van der Waals surface area contributed by atoms with Crippen LogP contribution in [0.5, 0.6) is 0 Å². The number of hydrogen-bond acceptors (Lipinski definition) is 4. The van der Waals surface area contributed by atoms with Crippen molar-refractivity contribution in [2.45, 2.75) is 24.9 Å². The van der Waals surface area contributed by atoms with E-state index in [1.54, 1.807) is 26.0 Å². The molecule has 0 radical (unpaired) electrons. The molecule has 2 rings (SSSR count). The van der Waals surface area contributed by atoms with E-state index in [9.17, 15) is 8.60 Å². The number of nitrogens with zero attached hydrogens (tertiary/aromatic N) is 2. The number of rotatable bonds is 4. The highest BCUT2D eigenvalue weighted by Crippen LogP contribution is 2.20. The molecule has 1 heterocycles. The average molecular weight is 268 g/mol. The molecule has 0 bridgehead atoms. The third-order valence-corrected chi connectivity index (χ3v) is 4.12. The lowest BCUT2D eigenvalue weighted by Crippen LogP contribution is -2.06. The lowest BCUT2D eigenvalue weighted by molar-refractivity contribution is 0.375. The first-order chi connectivity index (χ1) is 8.56. The Bertz CT molecular complexity index is 553. The number of aryl methyl sites for hydroxylation is 1. The summed E-state index contributed by atoms with van der Waals surface area (Å²) in [7, 11) is -1.18. The van der Waals surface area contributed by atoms with Gasteiger partial charge in [-0.05, 0) is 31.5 Å². The third kappa shape index (κ3) is 3.01. The Hall–Kier alpha value is -1.56. The van der Waals surface area contributed by atoms with Crippen molar-refractivity contribution in [3.05, 3.63) is 47.4 Å². The van der Waals surface area contributed by atoms with Crippen molar-refractivity contribution in [3.8, 4) is 0 Å². The number of benzene rings is 1. The van der Waals surface area contributed by atoms with Gasteiger partial charge in [-0.15, -0.1) is 0 Å². The Morgan fingerprint density at radius 2 is 2.06 bits per heavy atom. The zero-order valence-corrected chi connectivity index (χ0v) is 10.9. The molecule has 2 aromatic rings. The summed E-state index contributed by atoms with van der Waals surface area (Å²) in [5.74, 6) is 0.928. The first kappa shape index (κ1) is 12.9. The molecule has 0 unspecified atom stereocenters. The molecule has 0 saturated heterocycles. The fraction of sp³-hybridized carbons (Fsp3) is 0.333. The molecule has 0 fully saturated rings. The van der Waals surface area contributed by atoms with Gasteiger partial charge in [-0.2, -0.15) is 4.98 Å². The zero-order chi connectivity index (χ0) is 13.1. The molecule has 0 aliphatic rings. The van der Waals surface area contributed by atoms with Crippen molar-refractivity contribution in [3.63, 3.8) is 0 Å². The maximum absolute atomic E-state index is 12.7. The van der Waals surface area contributed by atoms with Crippen LogP contribution in [0.3, 0.4) is 0 Å². The van der Waals surface area contributed by atoms with Crippen molar-refractivity contribution in [1.29, 1.82) is 0 Å². The minimum absolute atomic E-state index is 0.301. The van der Waals surface area contributed by atoms with E-state index in [0.29, 0.717) is 17.5 Å². The van der Waals surface area contributed by atoms with Crippen LogP contribution in [0.2, 0.25) is 0 Å². The summed E-state index contributed by atoms with van der Waals surface area (Å²) < 4.78 is 29.8. The Morgan fingerprint density at radius 3 is 2.61 bits per heavy atom. The van der Waals surface area contributed by atoms with Crippen LogP contribution < -0.4 is 0 Å². The van der Waals surface area contributed by atoms with Gasteiger partial charge in [-0.25, -0.2) is 4.39 Å². The maximum Gasteiger partial charge on any atom is 0.242 e. The summed E-state index contributed by atoms with van der Waals surface area (Å²) in [6, 6.07) is 5.96. The lowest BCUT2D eigenvalue weighted by atomic mass is 10.2. The second-order valence-corrected chi connectivity index (χ2v) is 5.73. The van der Waals surface area contributed by atoms with Crippen molar-refractivity contribution >= 4 is 10.8 Å². The van der Waals surface area contributed by atoms with E-state index in [-0.39, 0.29) is 11.1 Å². The first-order valence-electron chi connectivity index (χ1n) is 5.48. The molecule has 4 nitrogen and oxygen atoms in total. The molecular weight excluding hydrogens is 255 g/mol. The Kier molecular flexibility index (Phi) is 3.86. The molecule has 1 aromatic heterocycles. The topological polar surface area (TPSA) is 56.0 Å². The second-order valence-electron chi connectivity index (χ2n) is 3.97. The highest BCUT2D eigenvalue weighted by atomic mass is 32.2. The standard InChI is InChI=1S/C12H13FN2O2S/c1-8(12-14-9(2)15-17-12)18(16)7-10-3-5-11(13)6-4-10/h3-6,8H,7H2,1-2H3/t8-,18-/m0/s1. The lowest BCUT2D eigenvalue weighted by Gasteiger charge is -2.06. The minimum atomic E-state index is -1.18. The van der Waals surface area contributed by atoms with Crippen LogP contribution in [0.25, 0.3) is 0 Å². The summed E-state index contributed by atoms with van der Waals surface area (Å²) in [6.45, 7) is 3.48. The largest absolute Gasteiger partial charge is 0.338 e. The van der Waals surface area contributed by atoms with Crippen LogP contribution in [-0.4, -0.2) is 14.3 Å². The normalized spacial score (nSPS) is 14.4. The number of halogens is 1. The van der Waals surface area contributed by atoms with E-state index >= 15 is 0 Å². The van der Waals surface area contributed by atoms with Gasteiger partial charge >= 0.3 is 0 Å². The van der Waals surface area contributed by atoms with Crippen molar-refractivity contribution < 1.29 is 13.1 Å². The highest BCUT2D eigenvalue weighted by Gasteiger charge is 2.19. The van der Waals surface area contributed by atoms with Gasteiger partial charge in [0.1, 0.15) is 11.1 Å². The van der Waals surface area contributed by atoms with Crippen LogP contribution in [0.15, 0.2) is 28.8 Å². The van der Waals surface area contributed by atoms with E-state index in [1.807, 2.05) is 0 Å².